The highest BCUT2D eigenvalue weighted by Crippen LogP contribution is 2.15. The van der Waals surface area contributed by atoms with Crippen molar-refractivity contribution in [3.63, 3.8) is 0 Å². The second-order valence-corrected chi connectivity index (χ2v) is 6.93. The van der Waals surface area contributed by atoms with Crippen LogP contribution in [0.15, 0.2) is 60.7 Å². The second-order valence-electron chi connectivity index (χ2n) is 6.03. The Labute approximate surface area is 168 Å². The molecule has 2 aromatic carbocycles. The Hall–Kier alpha value is -2.80. The van der Waals surface area contributed by atoms with E-state index < -0.39 is 29.3 Å². The molecule has 0 heterocycles. The summed E-state index contributed by atoms with van der Waals surface area (Å²) in [5, 5.41) is 2.61. The molecule has 2 aromatic rings. The van der Waals surface area contributed by atoms with E-state index in [-0.39, 0.29) is 13.0 Å². The minimum Gasteiger partial charge on any atom is -0.445 e. The third kappa shape index (κ3) is 7.08. The Balaban J connectivity index is 2.07. The van der Waals surface area contributed by atoms with Crippen LogP contribution >= 0.6 is 11.8 Å². The molecule has 0 saturated carbocycles. The van der Waals surface area contributed by atoms with Crippen molar-refractivity contribution >= 4 is 29.6 Å². The number of esters is 1. The van der Waals surface area contributed by atoms with Crippen LogP contribution < -0.4 is 5.32 Å². The van der Waals surface area contributed by atoms with Crippen LogP contribution in [0.4, 0.5) is 4.79 Å². The quantitative estimate of drug-likeness (QED) is 0.513. The molecule has 0 radical (unpaired) electrons. The van der Waals surface area contributed by atoms with Crippen LogP contribution in [0.5, 0.6) is 0 Å². The topological polar surface area (TPSA) is 81.7 Å². The molecule has 0 spiro atoms. The number of ketones is 1. The largest absolute Gasteiger partial charge is 0.445 e. The van der Waals surface area contributed by atoms with Crippen LogP contribution in [0.2, 0.25) is 0 Å². The molecular weight excluding hydrogens is 378 g/mol. The number of carbonyl (C=O) groups excluding carboxylic acids is 3. The number of Topliss-reactive ketones (excluding diaryl/α,β-unsaturated/α-hetero) is 1. The van der Waals surface area contributed by atoms with Gasteiger partial charge in [0, 0.05) is 13.3 Å². The van der Waals surface area contributed by atoms with Gasteiger partial charge >= 0.3 is 12.1 Å². The zero-order valence-electron chi connectivity index (χ0n) is 15.8. The molecule has 1 amide bonds. The SMILES string of the molecule is CS[C@H](OC(C)=O)C(=O)[C@H](Cc1ccccc1)NC(=O)OCc1ccccc1. The van der Waals surface area contributed by atoms with Gasteiger partial charge in [-0.15, -0.1) is 11.8 Å². The predicted octanol–water partition coefficient (Wildman–Crippen LogP) is 3.35. The summed E-state index contributed by atoms with van der Waals surface area (Å²) in [4.78, 5) is 36.4. The van der Waals surface area contributed by atoms with E-state index in [0.29, 0.717) is 0 Å². The smallest absolute Gasteiger partial charge is 0.408 e. The molecule has 148 valence electrons. The van der Waals surface area contributed by atoms with Gasteiger partial charge in [0.25, 0.3) is 0 Å². The molecule has 0 aromatic heterocycles. The first kappa shape index (κ1) is 21.5. The van der Waals surface area contributed by atoms with E-state index >= 15 is 0 Å². The highest BCUT2D eigenvalue weighted by molar-refractivity contribution is 7.99. The number of thioether (sulfide) groups is 1. The summed E-state index contributed by atoms with van der Waals surface area (Å²) in [6.45, 7) is 1.33. The van der Waals surface area contributed by atoms with Gasteiger partial charge in [-0.2, -0.15) is 0 Å². The lowest BCUT2D eigenvalue weighted by molar-refractivity contribution is -0.148. The minimum atomic E-state index is -0.999. The number of hydrogen-bond donors (Lipinski definition) is 1. The highest BCUT2D eigenvalue weighted by atomic mass is 32.2. The maximum atomic E-state index is 12.9. The third-order valence-electron chi connectivity index (χ3n) is 3.85. The fourth-order valence-corrected chi connectivity index (χ4v) is 3.15. The average molecular weight is 401 g/mol. The van der Waals surface area contributed by atoms with Crippen LogP contribution in [0.25, 0.3) is 0 Å². The summed E-state index contributed by atoms with van der Waals surface area (Å²) < 4.78 is 10.3. The molecule has 0 saturated heterocycles. The number of amides is 1. The van der Waals surface area contributed by atoms with Crippen molar-refractivity contribution in [2.45, 2.75) is 31.4 Å². The van der Waals surface area contributed by atoms with Gasteiger partial charge < -0.3 is 14.8 Å². The fourth-order valence-electron chi connectivity index (χ4n) is 2.52. The zero-order valence-corrected chi connectivity index (χ0v) is 16.6. The summed E-state index contributed by atoms with van der Waals surface area (Å²) in [5.41, 5.74) is 0.706. The van der Waals surface area contributed by atoms with Crippen LogP contribution in [-0.4, -0.2) is 35.6 Å². The molecule has 0 fully saturated rings. The van der Waals surface area contributed by atoms with Crippen LogP contribution in [0.3, 0.4) is 0 Å². The maximum absolute atomic E-state index is 12.9. The second kappa shape index (κ2) is 11.1. The first-order valence-electron chi connectivity index (χ1n) is 8.74. The van der Waals surface area contributed by atoms with Crippen LogP contribution in [0.1, 0.15) is 18.1 Å². The van der Waals surface area contributed by atoms with Crippen molar-refractivity contribution < 1.29 is 23.9 Å². The van der Waals surface area contributed by atoms with Crippen molar-refractivity contribution in [1.29, 1.82) is 0 Å². The molecule has 0 unspecified atom stereocenters. The van der Waals surface area contributed by atoms with Gasteiger partial charge in [-0.3, -0.25) is 9.59 Å². The summed E-state index contributed by atoms with van der Waals surface area (Å²) >= 11 is 1.10. The number of alkyl carbamates (subject to hydrolysis) is 1. The van der Waals surface area contributed by atoms with E-state index in [1.165, 1.54) is 6.92 Å². The van der Waals surface area contributed by atoms with Crippen molar-refractivity contribution in [2.75, 3.05) is 6.26 Å². The standard InChI is InChI=1S/C21H23NO5S/c1-15(23)27-20(28-2)19(24)18(13-16-9-5-3-6-10-16)22-21(25)26-14-17-11-7-4-8-12-17/h3-12,18,20H,13-14H2,1-2H3,(H,22,25)/t18-,20-/m0/s1. The molecule has 0 aliphatic carbocycles. The summed E-state index contributed by atoms with van der Waals surface area (Å²) in [6, 6.07) is 17.6. The molecule has 1 N–H and O–H groups in total. The predicted molar refractivity (Wildman–Crippen MR) is 108 cm³/mol. The number of benzene rings is 2. The molecule has 6 nitrogen and oxygen atoms in total. The highest BCUT2D eigenvalue weighted by Gasteiger charge is 2.30. The molecule has 0 aliphatic heterocycles. The van der Waals surface area contributed by atoms with Gasteiger partial charge in [0.1, 0.15) is 6.61 Å². The van der Waals surface area contributed by atoms with E-state index in [2.05, 4.69) is 5.32 Å². The molecular formula is C21H23NO5S. The van der Waals surface area contributed by atoms with Gasteiger partial charge in [0.2, 0.25) is 11.2 Å². The molecule has 28 heavy (non-hydrogen) atoms. The first-order chi connectivity index (χ1) is 13.5. The number of ether oxygens (including phenoxy) is 2. The van der Waals surface area contributed by atoms with E-state index in [4.69, 9.17) is 9.47 Å². The molecule has 2 rings (SSSR count). The first-order valence-corrected chi connectivity index (χ1v) is 10.0. The van der Waals surface area contributed by atoms with Gasteiger partial charge in [-0.05, 0) is 17.4 Å². The Morgan fingerprint density at radius 1 is 0.964 bits per heavy atom. The molecule has 0 bridgehead atoms. The molecule has 0 aliphatic rings. The number of hydrogen-bond acceptors (Lipinski definition) is 6. The van der Waals surface area contributed by atoms with Gasteiger partial charge in [0.05, 0.1) is 6.04 Å². The third-order valence-corrected chi connectivity index (χ3v) is 4.61. The monoisotopic (exact) mass is 401 g/mol. The zero-order chi connectivity index (χ0) is 20.4. The van der Waals surface area contributed by atoms with Crippen molar-refractivity contribution in [3.05, 3.63) is 71.8 Å². The summed E-state index contributed by atoms with van der Waals surface area (Å²) in [6.07, 6.45) is 1.22. The van der Waals surface area contributed by atoms with Crippen molar-refractivity contribution in [1.82, 2.24) is 5.32 Å². The van der Waals surface area contributed by atoms with Gasteiger partial charge in [-0.25, -0.2) is 4.79 Å². The minimum absolute atomic E-state index is 0.0921. The van der Waals surface area contributed by atoms with Crippen LogP contribution in [-0.2, 0) is 32.1 Å². The lowest BCUT2D eigenvalue weighted by Gasteiger charge is -2.22. The molecule has 7 heteroatoms. The van der Waals surface area contributed by atoms with E-state index in [0.717, 1.165) is 22.9 Å². The van der Waals surface area contributed by atoms with Crippen molar-refractivity contribution in [2.24, 2.45) is 0 Å². The Bertz CT molecular complexity index is 782. The fraction of sp³-hybridized carbons (Fsp3) is 0.286. The van der Waals surface area contributed by atoms with Crippen LogP contribution in [0, 0.1) is 0 Å². The number of nitrogens with one attached hydrogen (secondary N) is 1. The lowest BCUT2D eigenvalue weighted by Crippen LogP contribution is -2.47. The molecule has 2 atom stereocenters. The number of carbonyl (C=O) groups is 3. The van der Waals surface area contributed by atoms with Crippen molar-refractivity contribution in [3.8, 4) is 0 Å². The van der Waals surface area contributed by atoms with Gasteiger partial charge in [0.15, 0.2) is 0 Å². The van der Waals surface area contributed by atoms with E-state index in [1.54, 1.807) is 6.26 Å². The van der Waals surface area contributed by atoms with E-state index in [9.17, 15) is 14.4 Å². The lowest BCUT2D eigenvalue weighted by atomic mass is 10.0. The Morgan fingerprint density at radius 2 is 1.54 bits per heavy atom. The van der Waals surface area contributed by atoms with E-state index in [1.807, 2.05) is 60.7 Å². The maximum Gasteiger partial charge on any atom is 0.408 e. The average Bonchev–Trinajstić information content (AvgIpc) is 2.71. The Morgan fingerprint density at radius 3 is 2.07 bits per heavy atom. The Kier molecular flexibility index (Phi) is 8.55. The normalized spacial score (nSPS) is 12.5. The number of rotatable bonds is 9. The summed E-state index contributed by atoms with van der Waals surface area (Å²) in [7, 11) is 0. The van der Waals surface area contributed by atoms with Gasteiger partial charge in [-0.1, -0.05) is 60.7 Å². The summed E-state index contributed by atoms with van der Waals surface area (Å²) in [5.74, 6) is -0.957.